The Balaban J connectivity index is 2.27. The van der Waals surface area contributed by atoms with Gasteiger partial charge in [-0.2, -0.15) is 0 Å². The molecule has 0 aliphatic heterocycles. The summed E-state index contributed by atoms with van der Waals surface area (Å²) in [5.74, 6) is -0.174. The third-order valence-corrected chi connectivity index (χ3v) is 3.42. The number of carbonyl (C=O) groups excluding carboxylic acids is 2. The summed E-state index contributed by atoms with van der Waals surface area (Å²) in [6, 6.07) is 12.3. The molecule has 0 saturated carbocycles. The minimum atomic E-state index is -0.0895. The first-order chi connectivity index (χ1) is 9.09. The van der Waals surface area contributed by atoms with E-state index in [1.54, 1.807) is 36.4 Å². The van der Waals surface area contributed by atoms with Gasteiger partial charge in [0.2, 0.25) is 0 Å². The topological polar surface area (TPSA) is 34.1 Å². The largest absolute Gasteiger partial charge is 0.289 e. The number of hydrogen-bond acceptors (Lipinski definition) is 2. The van der Waals surface area contributed by atoms with Gasteiger partial charge in [0.15, 0.2) is 11.6 Å². The number of ketones is 2. The van der Waals surface area contributed by atoms with Crippen LogP contribution in [0.1, 0.15) is 44.3 Å². The molecule has 2 aromatic rings. The van der Waals surface area contributed by atoms with Crippen LogP contribution in [0, 0.1) is 0 Å². The van der Waals surface area contributed by atoms with E-state index in [9.17, 15) is 9.59 Å². The van der Waals surface area contributed by atoms with Crippen LogP contribution in [-0.2, 0) is 0 Å². The molecule has 19 heavy (non-hydrogen) atoms. The summed E-state index contributed by atoms with van der Waals surface area (Å²) < 4.78 is 0. The summed E-state index contributed by atoms with van der Waals surface area (Å²) in [5, 5.41) is 0. The molecule has 0 atom stereocenters. The van der Waals surface area contributed by atoms with Crippen molar-refractivity contribution in [3.8, 4) is 0 Å². The van der Waals surface area contributed by atoms with Crippen molar-refractivity contribution in [3.63, 3.8) is 0 Å². The van der Waals surface area contributed by atoms with Gasteiger partial charge >= 0.3 is 0 Å². The summed E-state index contributed by atoms with van der Waals surface area (Å²) in [6.45, 7) is 5.75. The summed E-state index contributed by atoms with van der Waals surface area (Å²) in [7, 11) is 0. The van der Waals surface area contributed by atoms with Gasteiger partial charge in [-0.05, 0) is 24.6 Å². The normalized spacial score (nSPS) is 12.9. The Bertz CT molecular complexity index is 739. The Labute approximate surface area is 111 Å². The van der Waals surface area contributed by atoms with Gasteiger partial charge in [0, 0.05) is 22.3 Å². The average molecular weight is 248 g/mol. The fourth-order valence-electron chi connectivity index (χ4n) is 2.36. The van der Waals surface area contributed by atoms with E-state index >= 15 is 0 Å². The monoisotopic (exact) mass is 248 g/mol. The molecular formula is C17H12O2. The highest BCUT2D eigenvalue weighted by molar-refractivity contribution is 6.28. The van der Waals surface area contributed by atoms with Crippen LogP contribution in [0.3, 0.4) is 0 Å². The molecule has 0 N–H and O–H groups in total. The van der Waals surface area contributed by atoms with Gasteiger partial charge in [-0.1, -0.05) is 42.5 Å². The number of fused-ring (bicyclic) bond motifs is 2. The van der Waals surface area contributed by atoms with Crippen LogP contribution in [-0.4, -0.2) is 11.6 Å². The molecule has 2 nitrogen and oxygen atoms in total. The van der Waals surface area contributed by atoms with Crippen molar-refractivity contribution in [2.24, 2.45) is 0 Å². The van der Waals surface area contributed by atoms with Gasteiger partial charge in [0.05, 0.1) is 0 Å². The quantitative estimate of drug-likeness (QED) is 0.660. The second kappa shape index (κ2) is 4.02. The Morgan fingerprint density at radius 2 is 1.37 bits per heavy atom. The summed E-state index contributed by atoms with van der Waals surface area (Å²) in [5.41, 5.74) is 3.70. The summed E-state index contributed by atoms with van der Waals surface area (Å²) >= 11 is 0. The highest BCUT2D eigenvalue weighted by atomic mass is 16.1. The van der Waals surface area contributed by atoms with Crippen LogP contribution >= 0.6 is 0 Å². The molecule has 92 valence electrons. The lowest BCUT2D eigenvalue weighted by atomic mass is 9.83. The van der Waals surface area contributed by atoms with Gasteiger partial charge in [0.25, 0.3) is 0 Å². The lowest BCUT2D eigenvalue weighted by molar-refractivity contribution is 0.0979. The van der Waals surface area contributed by atoms with E-state index in [2.05, 4.69) is 6.58 Å². The minimum Gasteiger partial charge on any atom is -0.289 e. The highest BCUT2D eigenvalue weighted by Crippen LogP contribution is 2.29. The zero-order valence-electron chi connectivity index (χ0n) is 10.6. The van der Waals surface area contributed by atoms with E-state index < -0.39 is 0 Å². The smallest absolute Gasteiger partial charge is 0.194 e. The van der Waals surface area contributed by atoms with E-state index in [0.717, 1.165) is 11.1 Å². The molecule has 2 heteroatoms. The van der Waals surface area contributed by atoms with Crippen LogP contribution in [0.25, 0.3) is 5.57 Å². The molecule has 0 aromatic heterocycles. The maximum absolute atomic E-state index is 12.4. The van der Waals surface area contributed by atoms with Gasteiger partial charge in [0.1, 0.15) is 0 Å². The first kappa shape index (κ1) is 11.6. The van der Waals surface area contributed by atoms with Gasteiger partial charge < -0.3 is 0 Å². The van der Waals surface area contributed by atoms with Crippen LogP contribution in [0.15, 0.2) is 49.0 Å². The predicted molar refractivity (Wildman–Crippen MR) is 74.5 cm³/mol. The Morgan fingerprint density at radius 1 is 0.842 bits per heavy atom. The molecule has 0 saturated heterocycles. The van der Waals surface area contributed by atoms with Crippen LogP contribution in [0.4, 0.5) is 0 Å². The van der Waals surface area contributed by atoms with Crippen LogP contribution in [0.5, 0.6) is 0 Å². The maximum Gasteiger partial charge on any atom is 0.194 e. The van der Waals surface area contributed by atoms with E-state index in [0.29, 0.717) is 22.3 Å². The molecule has 0 bridgehead atoms. The Kier molecular flexibility index (Phi) is 2.46. The maximum atomic E-state index is 12.4. The molecule has 0 amide bonds. The van der Waals surface area contributed by atoms with E-state index in [-0.39, 0.29) is 11.6 Å². The second-order valence-corrected chi connectivity index (χ2v) is 4.74. The number of allylic oxidation sites excluding steroid dienone is 1. The summed E-state index contributed by atoms with van der Waals surface area (Å²) in [6.07, 6.45) is 0. The first-order valence-electron chi connectivity index (χ1n) is 6.08. The zero-order chi connectivity index (χ0) is 13.6. The first-order valence-corrected chi connectivity index (χ1v) is 6.08. The fraction of sp³-hybridized carbons (Fsp3) is 0.0588. The van der Waals surface area contributed by atoms with Gasteiger partial charge in [-0.15, -0.1) is 0 Å². The van der Waals surface area contributed by atoms with Crippen LogP contribution < -0.4 is 0 Å². The van der Waals surface area contributed by atoms with Crippen molar-refractivity contribution in [2.45, 2.75) is 6.92 Å². The lowest BCUT2D eigenvalue weighted by Gasteiger charge is -2.18. The van der Waals surface area contributed by atoms with Crippen LogP contribution in [0.2, 0.25) is 0 Å². The SMILES string of the molecule is C=C(C)c1ccc2c(c1)C(=O)c1ccccc1C2=O. The third kappa shape index (κ3) is 1.65. The van der Waals surface area contributed by atoms with Crippen molar-refractivity contribution in [1.82, 2.24) is 0 Å². The molecule has 0 radical (unpaired) electrons. The molecule has 0 spiro atoms. The average Bonchev–Trinajstić information content (AvgIpc) is 2.44. The zero-order valence-corrected chi connectivity index (χ0v) is 10.6. The molecule has 0 heterocycles. The molecule has 0 fully saturated rings. The van der Waals surface area contributed by atoms with Crippen molar-refractivity contribution < 1.29 is 9.59 Å². The Hall–Kier alpha value is -2.48. The van der Waals surface area contributed by atoms with Crippen molar-refractivity contribution >= 4 is 17.1 Å². The number of rotatable bonds is 1. The molecule has 2 aromatic carbocycles. The molecule has 0 unspecified atom stereocenters. The molecule has 1 aliphatic carbocycles. The predicted octanol–water partition coefficient (Wildman–Crippen LogP) is 3.50. The van der Waals surface area contributed by atoms with Crippen molar-refractivity contribution in [1.29, 1.82) is 0 Å². The van der Waals surface area contributed by atoms with Gasteiger partial charge in [-0.25, -0.2) is 0 Å². The standard InChI is InChI=1S/C17H12O2/c1-10(2)11-7-8-14-15(9-11)17(19)13-6-4-3-5-12(13)16(14)18/h3-9H,1H2,2H3. The number of benzene rings is 2. The van der Waals surface area contributed by atoms with E-state index in [4.69, 9.17) is 0 Å². The summed E-state index contributed by atoms with van der Waals surface area (Å²) in [4.78, 5) is 24.8. The van der Waals surface area contributed by atoms with Crippen molar-refractivity contribution in [3.05, 3.63) is 76.9 Å². The van der Waals surface area contributed by atoms with E-state index in [1.165, 1.54) is 0 Å². The third-order valence-electron chi connectivity index (χ3n) is 3.42. The minimum absolute atomic E-state index is 0.0848. The number of carbonyl (C=O) groups is 2. The van der Waals surface area contributed by atoms with E-state index in [1.807, 2.05) is 13.0 Å². The molecular weight excluding hydrogens is 236 g/mol. The van der Waals surface area contributed by atoms with Crippen molar-refractivity contribution in [2.75, 3.05) is 0 Å². The molecule has 1 aliphatic rings. The lowest BCUT2D eigenvalue weighted by Crippen LogP contribution is -2.20. The van der Waals surface area contributed by atoms with Gasteiger partial charge in [-0.3, -0.25) is 9.59 Å². The second-order valence-electron chi connectivity index (χ2n) is 4.74. The highest BCUT2D eigenvalue weighted by Gasteiger charge is 2.29. The fourth-order valence-corrected chi connectivity index (χ4v) is 2.36. The Morgan fingerprint density at radius 3 is 1.95 bits per heavy atom. The number of hydrogen-bond donors (Lipinski definition) is 0. The molecule has 3 rings (SSSR count).